The van der Waals surface area contributed by atoms with Crippen molar-refractivity contribution in [2.75, 3.05) is 0 Å². The highest BCUT2D eigenvalue weighted by Gasteiger charge is 2.19. The summed E-state index contributed by atoms with van der Waals surface area (Å²) in [6.07, 6.45) is 3.10. The van der Waals surface area contributed by atoms with Gasteiger partial charge in [-0.05, 0) is 31.2 Å². The van der Waals surface area contributed by atoms with Crippen molar-refractivity contribution in [1.29, 1.82) is 0 Å². The average molecular weight is 298 g/mol. The van der Waals surface area contributed by atoms with Crippen LogP contribution in [0.15, 0.2) is 36.7 Å². The predicted molar refractivity (Wildman–Crippen MR) is 77.7 cm³/mol. The highest BCUT2D eigenvalue weighted by molar-refractivity contribution is 5.81. The summed E-state index contributed by atoms with van der Waals surface area (Å²) in [5.41, 5.74) is 0.959. The highest BCUT2D eigenvalue weighted by Crippen LogP contribution is 2.37. The number of aryl methyl sites for hydroxylation is 1. The lowest BCUT2D eigenvalue weighted by Crippen LogP contribution is -2.00. The topological polar surface area (TPSA) is 75.4 Å². The van der Waals surface area contributed by atoms with E-state index in [0.717, 1.165) is 10.9 Å². The minimum absolute atomic E-state index is 0.00253. The lowest BCUT2D eigenvalue weighted by atomic mass is 10.2. The maximum atomic E-state index is 14.1. The number of aromatic hydroxyl groups is 1. The van der Waals surface area contributed by atoms with E-state index in [0.29, 0.717) is 5.75 Å². The molecular formula is C15H11FN4O2. The number of nitrogens with one attached hydrogen (secondary N) is 1. The molecule has 7 heteroatoms. The van der Waals surface area contributed by atoms with Gasteiger partial charge in [0.15, 0.2) is 11.3 Å². The quantitative estimate of drug-likeness (QED) is 0.596. The van der Waals surface area contributed by atoms with Crippen molar-refractivity contribution in [3.05, 3.63) is 48.4 Å². The molecule has 4 rings (SSSR count). The Balaban J connectivity index is 1.85. The fourth-order valence-electron chi connectivity index (χ4n) is 2.42. The zero-order chi connectivity index (χ0) is 15.3. The van der Waals surface area contributed by atoms with Crippen LogP contribution in [0.1, 0.15) is 5.82 Å². The van der Waals surface area contributed by atoms with E-state index < -0.39 is 5.95 Å². The van der Waals surface area contributed by atoms with Crippen molar-refractivity contribution >= 4 is 16.4 Å². The first-order valence-corrected chi connectivity index (χ1v) is 6.61. The first-order valence-electron chi connectivity index (χ1n) is 6.61. The van der Waals surface area contributed by atoms with E-state index in [4.69, 9.17) is 4.74 Å². The fraction of sp³-hybridized carbons (Fsp3) is 0.0667. The molecule has 0 aliphatic heterocycles. The molecule has 0 aliphatic carbocycles. The van der Waals surface area contributed by atoms with Crippen LogP contribution in [-0.4, -0.2) is 24.7 Å². The van der Waals surface area contributed by atoms with Crippen LogP contribution in [0.3, 0.4) is 0 Å². The lowest BCUT2D eigenvalue weighted by molar-refractivity contribution is 0.416. The number of aromatic amines is 1. The predicted octanol–water partition coefficient (Wildman–Crippen LogP) is 3.16. The molecule has 2 N–H and O–H groups in total. The number of rotatable bonds is 2. The first-order chi connectivity index (χ1) is 10.6. The summed E-state index contributed by atoms with van der Waals surface area (Å²) in [5, 5.41) is 15.0. The molecule has 0 saturated heterocycles. The van der Waals surface area contributed by atoms with Gasteiger partial charge in [-0.1, -0.05) is 0 Å². The summed E-state index contributed by atoms with van der Waals surface area (Å²) >= 11 is 0. The van der Waals surface area contributed by atoms with Gasteiger partial charge < -0.3 is 14.8 Å². The molecule has 1 aromatic carbocycles. The number of ether oxygens (including phenoxy) is 1. The molecule has 0 atom stereocenters. The molecule has 0 fully saturated rings. The van der Waals surface area contributed by atoms with E-state index in [9.17, 15) is 9.50 Å². The average Bonchev–Trinajstić information content (AvgIpc) is 3.03. The second-order valence-electron chi connectivity index (χ2n) is 4.92. The van der Waals surface area contributed by atoms with E-state index in [1.54, 1.807) is 19.1 Å². The normalized spacial score (nSPS) is 11.4. The first kappa shape index (κ1) is 12.6. The Morgan fingerprint density at radius 2 is 2.18 bits per heavy atom. The summed E-state index contributed by atoms with van der Waals surface area (Å²) in [5.74, 6) is -0.207. The number of benzene rings is 1. The van der Waals surface area contributed by atoms with Gasteiger partial charge in [-0.3, -0.25) is 0 Å². The smallest absolute Gasteiger partial charge is 0.244 e. The van der Waals surface area contributed by atoms with Crippen molar-refractivity contribution in [3.8, 4) is 17.2 Å². The van der Waals surface area contributed by atoms with Gasteiger partial charge in [0.05, 0.1) is 6.20 Å². The molecule has 110 valence electrons. The zero-order valence-electron chi connectivity index (χ0n) is 11.5. The van der Waals surface area contributed by atoms with E-state index >= 15 is 0 Å². The molecular weight excluding hydrogens is 287 g/mol. The summed E-state index contributed by atoms with van der Waals surface area (Å²) in [4.78, 5) is 6.74. The van der Waals surface area contributed by atoms with Crippen LogP contribution in [-0.2, 0) is 0 Å². The van der Waals surface area contributed by atoms with E-state index in [1.807, 2.05) is 18.3 Å². The molecule has 6 nitrogen and oxygen atoms in total. The van der Waals surface area contributed by atoms with E-state index in [2.05, 4.69) is 15.1 Å². The van der Waals surface area contributed by atoms with Crippen molar-refractivity contribution in [2.24, 2.45) is 0 Å². The van der Waals surface area contributed by atoms with Crippen LogP contribution in [0, 0.1) is 12.9 Å². The Hall–Kier alpha value is -3.09. The van der Waals surface area contributed by atoms with Gasteiger partial charge >= 0.3 is 0 Å². The molecule has 3 heterocycles. The number of hydrogen-bond donors (Lipinski definition) is 2. The molecule has 0 aliphatic rings. The van der Waals surface area contributed by atoms with Crippen molar-refractivity contribution < 1.29 is 14.2 Å². The van der Waals surface area contributed by atoms with Crippen LogP contribution < -0.4 is 4.74 Å². The SMILES string of the molecule is Cc1nc(F)c2c(Oc3ccc4[nH]ccc4c3)c(O)cn2n1. The number of halogens is 1. The number of hydrogen-bond acceptors (Lipinski definition) is 4. The fourth-order valence-corrected chi connectivity index (χ4v) is 2.42. The molecule has 0 radical (unpaired) electrons. The largest absolute Gasteiger partial charge is 0.503 e. The highest BCUT2D eigenvalue weighted by atomic mass is 19.1. The van der Waals surface area contributed by atoms with Gasteiger partial charge in [0.2, 0.25) is 11.7 Å². The summed E-state index contributed by atoms with van der Waals surface area (Å²) < 4.78 is 20.9. The summed E-state index contributed by atoms with van der Waals surface area (Å²) in [6, 6.07) is 7.26. The third kappa shape index (κ3) is 1.86. The second-order valence-corrected chi connectivity index (χ2v) is 4.92. The minimum Gasteiger partial charge on any atom is -0.503 e. The van der Waals surface area contributed by atoms with Crippen LogP contribution >= 0.6 is 0 Å². The molecule has 0 saturated carbocycles. The second kappa shape index (κ2) is 4.45. The molecule has 0 bridgehead atoms. The third-order valence-electron chi connectivity index (χ3n) is 3.37. The molecule has 3 aromatic heterocycles. The Morgan fingerprint density at radius 3 is 3.05 bits per heavy atom. The number of fused-ring (bicyclic) bond motifs is 2. The molecule has 0 amide bonds. The van der Waals surface area contributed by atoms with E-state index in [-0.39, 0.29) is 22.8 Å². The Morgan fingerprint density at radius 1 is 1.32 bits per heavy atom. The Labute approximate surface area is 123 Å². The maximum absolute atomic E-state index is 14.1. The Bertz CT molecular complexity index is 1010. The van der Waals surface area contributed by atoms with Gasteiger partial charge in [0.25, 0.3) is 0 Å². The standard InChI is InChI=1S/C15H11FN4O2/c1-8-18-15(16)13-14(12(21)7-20(13)19-8)22-10-2-3-11-9(6-10)4-5-17-11/h2-7,17,21H,1H3. The maximum Gasteiger partial charge on any atom is 0.244 e. The molecule has 0 unspecified atom stereocenters. The molecule has 22 heavy (non-hydrogen) atoms. The zero-order valence-corrected chi connectivity index (χ0v) is 11.5. The summed E-state index contributed by atoms with van der Waals surface area (Å²) in [7, 11) is 0. The van der Waals surface area contributed by atoms with Crippen molar-refractivity contribution in [2.45, 2.75) is 6.92 Å². The number of H-pyrrole nitrogens is 1. The minimum atomic E-state index is -0.745. The van der Waals surface area contributed by atoms with Crippen LogP contribution in [0.5, 0.6) is 17.2 Å². The Kier molecular flexibility index (Phi) is 2.56. The van der Waals surface area contributed by atoms with E-state index in [1.165, 1.54) is 10.7 Å². The molecule has 0 spiro atoms. The van der Waals surface area contributed by atoms with Gasteiger partial charge in [-0.25, -0.2) is 9.50 Å². The monoisotopic (exact) mass is 298 g/mol. The van der Waals surface area contributed by atoms with Crippen LogP contribution in [0.4, 0.5) is 4.39 Å². The van der Waals surface area contributed by atoms with Gasteiger partial charge in [-0.2, -0.15) is 9.49 Å². The number of nitrogens with zero attached hydrogens (tertiary/aromatic N) is 3. The third-order valence-corrected chi connectivity index (χ3v) is 3.37. The van der Waals surface area contributed by atoms with Crippen molar-refractivity contribution in [1.82, 2.24) is 19.6 Å². The van der Waals surface area contributed by atoms with Gasteiger partial charge in [0.1, 0.15) is 11.6 Å². The van der Waals surface area contributed by atoms with Crippen LogP contribution in [0.25, 0.3) is 16.4 Å². The van der Waals surface area contributed by atoms with Gasteiger partial charge in [-0.15, -0.1) is 0 Å². The molecule has 4 aromatic rings. The van der Waals surface area contributed by atoms with Gasteiger partial charge in [0, 0.05) is 17.1 Å². The number of aromatic nitrogens is 4. The van der Waals surface area contributed by atoms with Crippen LogP contribution in [0.2, 0.25) is 0 Å². The van der Waals surface area contributed by atoms with Crippen molar-refractivity contribution in [3.63, 3.8) is 0 Å². The lowest BCUT2D eigenvalue weighted by Gasteiger charge is -2.06. The summed E-state index contributed by atoms with van der Waals surface area (Å²) in [6.45, 7) is 1.57.